The fourth-order valence-electron chi connectivity index (χ4n) is 2.27. The van der Waals surface area contributed by atoms with Gasteiger partial charge in [-0.25, -0.2) is 13.8 Å². The lowest BCUT2D eigenvalue weighted by Crippen LogP contribution is -1.93. The minimum absolute atomic E-state index is 0.134. The summed E-state index contributed by atoms with van der Waals surface area (Å²) in [5.41, 5.74) is 1.25. The van der Waals surface area contributed by atoms with Crippen molar-refractivity contribution < 1.29 is 18.3 Å². The molecule has 0 fully saturated rings. The van der Waals surface area contributed by atoms with Gasteiger partial charge < -0.3 is 9.47 Å². The molecule has 2 aromatic carbocycles. The van der Waals surface area contributed by atoms with Crippen molar-refractivity contribution in [1.82, 2.24) is 4.98 Å². The first-order valence-electron chi connectivity index (χ1n) is 6.76. The summed E-state index contributed by atoms with van der Waals surface area (Å²) in [6, 6.07) is 8.75. The summed E-state index contributed by atoms with van der Waals surface area (Å²) in [7, 11) is 3.10. The molecule has 0 unspecified atom stereocenters. The van der Waals surface area contributed by atoms with Gasteiger partial charge in [0, 0.05) is 10.9 Å². The Balaban J connectivity index is 2.08. The number of aromatic nitrogens is 1. The quantitative estimate of drug-likeness (QED) is 0.689. The van der Waals surface area contributed by atoms with Gasteiger partial charge in [-0.2, -0.15) is 0 Å². The van der Waals surface area contributed by atoms with E-state index in [0.717, 1.165) is 23.8 Å². The molecule has 0 aliphatic rings. The third-order valence-corrected chi connectivity index (χ3v) is 4.22. The predicted octanol–water partition coefficient (Wildman–Crippen LogP) is 4.77. The monoisotopic (exact) mass is 333 g/mol. The molecule has 0 bridgehead atoms. The van der Waals surface area contributed by atoms with Crippen LogP contribution in [0.15, 0.2) is 41.8 Å². The zero-order valence-electron chi connectivity index (χ0n) is 12.5. The Bertz CT molecular complexity index is 848. The van der Waals surface area contributed by atoms with Gasteiger partial charge in [0.25, 0.3) is 0 Å². The highest BCUT2D eigenvalue weighted by Gasteiger charge is 2.16. The van der Waals surface area contributed by atoms with Gasteiger partial charge in [0.05, 0.1) is 25.5 Å². The second-order valence-corrected chi connectivity index (χ2v) is 5.56. The molecule has 0 atom stereocenters. The fraction of sp³-hybridized carbons (Fsp3) is 0.118. The molecule has 0 aliphatic carbocycles. The van der Waals surface area contributed by atoms with E-state index in [4.69, 9.17) is 9.47 Å². The van der Waals surface area contributed by atoms with Crippen molar-refractivity contribution in [2.75, 3.05) is 14.2 Å². The number of hydrogen-bond donors (Lipinski definition) is 0. The van der Waals surface area contributed by atoms with E-state index < -0.39 is 11.6 Å². The number of methoxy groups -OCH3 is 2. The maximum Gasteiger partial charge on any atom is 0.170 e. The maximum atomic E-state index is 13.9. The van der Waals surface area contributed by atoms with Crippen LogP contribution in [0.4, 0.5) is 8.78 Å². The normalized spacial score (nSPS) is 10.6. The number of rotatable bonds is 4. The average Bonchev–Trinajstić information content (AvgIpc) is 3.05. The van der Waals surface area contributed by atoms with E-state index in [2.05, 4.69) is 4.98 Å². The Labute approximate surface area is 136 Å². The molecular formula is C17H13F2NO2S. The standard InChI is InChI=1S/C17H13F2NO2S/c1-21-15-5-3-4-11(16(15)22-2)17-20-14(9-23-17)12-8-10(18)6-7-13(12)19/h3-9H,1-2H3. The highest BCUT2D eigenvalue weighted by molar-refractivity contribution is 7.13. The van der Waals surface area contributed by atoms with Crippen LogP contribution in [0.2, 0.25) is 0 Å². The van der Waals surface area contributed by atoms with E-state index in [0.29, 0.717) is 22.2 Å². The van der Waals surface area contributed by atoms with Crippen LogP contribution in [0.1, 0.15) is 0 Å². The summed E-state index contributed by atoms with van der Waals surface area (Å²) in [5, 5.41) is 2.32. The van der Waals surface area contributed by atoms with Crippen molar-refractivity contribution >= 4 is 11.3 Å². The van der Waals surface area contributed by atoms with Crippen molar-refractivity contribution in [2.24, 2.45) is 0 Å². The highest BCUT2D eigenvalue weighted by atomic mass is 32.1. The average molecular weight is 333 g/mol. The molecule has 0 spiro atoms. The minimum Gasteiger partial charge on any atom is -0.493 e. The van der Waals surface area contributed by atoms with E-state index in [1.54, 1.807) is 25.7 Å². The zero-order valence-corrected chi connectivity index (χ0v) is 13.3. The molecule has 1 heterocycles. The summed E-state index contributed by atoms with van der Waals surface area (Å²) in [6.45, 7) is 0. The van der Waals surface area contributed by atoms with E-state index in [1.165, 1.54) is 11.3 Å². The first-order valence-corrected chi connectivity index (χ1v) is 7.64. The lowest BCUT2D eigenvalue weighted by molar-refractivity contribution is 0.356. The van der Waals surface area contributed by atoms with Gasteiger partial charge in [0.1, 0.15) is 16.6 Å². The van der Waals surface area contributed by atoms with Gasteiger partial charge in [-0.3, -0.25) is 0 Å². The van der Waals surface area contributed by atoms with Crippen LogP contribution in [0.5, 0.6) is 11.5 Å². The van der Waals surface area contributed by atoms with E-state index in [-0.39, 0.29) is 5.56 Å². The van der Waals surface area contributed by atoms with Crippen molar-refractivity contribution in [2.45, 2.75) is 0 Å². The third-order valence-electron chi connectivity index (χ3n) is 3.34. The molecule has 0 aliphatic heterocycles. The smallest absolute Gasteiger partial charge is 0.170 e. The molecule has 118 valence electrons. The molecule has 3 aromatic rings. The van der Waals surface area contributed by atoms with Crippen LogP contribution in [0.25, 0.3) is 21.8 Å². The van der Waals surface area contributed by atoms with Gasteiger partial charge in [0.2, 0.25) is 0 Å². The number of para-hydroxylation sites is 1. The molecule has 0 N–H and O–H groups in total. The van der Waals surface area contributed by atoms with Crippen molar-refractivity contribution in [3.8, 4) is 33.3 Å². The predicted molar refractivity (Wildman–Crippen MR) is 86.0 cm³/mol. The highest BCUT2D eigenvalue weighted by Crippen LogP contribution is 2.40. The van der Waals surface area contributed by atoms with Crippen molar-refractivity contribution in [3.63, 3.8) is 0 Å². The second-order valence-electron chi connectivity index (χ2n) is 4.70. The summed E-state index contributed by atoms with van der Waals surface area (Å²) < 4.78 is 37.9. The van der Waals surface area contributed by atoms with Crippen LogP contribution in [-0.4, -0.2) is 19.2 Å². The van der Waals surface area contributed by atoms with Gasteiger partial charge in [-0.1, -0.05) is 6.07 Å². The molecule has 23 heavy (non-hydrogen) atoms. The van der Waals surface area contributed by atoms with E-state index in [9.17, 15) is 8.78 Å². The molecule has 0 amide bonds. The second kappa shape index (κ2) is 6.34. The maximum absolute atomic E-state index is 13.9. The summed E-state index contributed by atoms with van der Waals surface area (Å²) in [4.78, 5) is 4.41. The summed E-state index contributed by atoms with van der Waals surface area (Å²) in [5.74, 6) is 0.116. The van der Waals surface area contributed by atoms with Gasteiger partial charge >= 0.3 is 0 Å². The first-order chi connectivity index (χ1) is 11.1. The van der Waals surface area contributed by atoms with Crippen LogP contribution < -0.4 is 9.47 Å². The van der Waals surface area contributed by atoms with E-state index in [1.807, 2.05) is 12.1 Å². The molecule has 0 saturated heterocycles. The van der Waals surface area contributed by atoms with Gasteiger partial charge in [-0.05, 0) is 30.3 Å². The van der Waals surface area contributed by atoms with Crippen LogP contribution in [-0.2, 0) is 0 Å². The van der Waals surface area contributed by atoms with Crippen molar-refractivity contribution in [1.29, 1.82) is 0 Å². The lowest BCUT2D eigenvalue weighted by atomic mass is 10.1. The number of benzene rings is 2. The molecular weight excluding hydrogens is 320 g/mol. The number of ether oxygens (including phenoxy) is 2. The van der Waals surface area contributed by atoms with Crippen LogP contribution >= 0.6 is 11.3 Å². The lowest BCUT2D eigenvalue weighted by Gasteiger charge is -2.10. The first kappa shape index (κ1) is 15.4. The molecule has 6 heteroatoms. The summed E-state index contributed by atoms with van der Waals surface area (Å²) >= 11 is 1.32. The number of hydrogen-bond acceptors (Lipinski definition) is 4. The largest absolute Gasteiger partial charge is 0.493 e. The molecule has 0 radical (unpaired) electrons. The molecule has 1 aromatic heterocycles. The van der Waals surface area contributed by atoms with Gasteiger partial charge in [0.15, 0.2) is 11.5 Å². The fourth-order valence-corrected chi connectivity index (χ4v) is 3.11. The Kier molecular flexibility index (Phi) is 4.25. The Morgan fingerprint density at radius 1 is 1.00 bits per heavy atom. The molecule has 3 nitrogen and oxygen atoms in total. The molecule has 3 rings (SSSR count). The van der Waals surface area contributed by atoms with Crippen LogP contribution in [0.3, 0.4) is 0 Å². The Hall–Kier alpha value is -2.47. The Morgan fingerprint density at radius 2 is 1.83 bits per heavy atom. The van der Waals surface area contributed by atoms with Crippen molar-refractivity contribution in [3.05, 3.63) is 53.4 Å². The Morgan fingerprint density at radius 3 is 2.57 bits per heavy atom. The minimum atomic E-state index is -0.513. The van der Waals surface area contributed by atoms with E-state index >= 15 is 0 Å². The number of thiazole rings is 1. The number of halogens is 2. The topological polar surface area (TPSA) is 31.4 Å². The van der Waals surface area contributed by atoms with Gasteiger partial charge in [-0.15, -0.1) is 11.3 Å². The SMILES string of the molecule is COc1cccc(-c2nc(-c3cc(F)ccc3F)cs2)c1OC. The summed E-state index contributed by atoms with van der Waals surface area (Å²) in [6.07, 6.45) is 0. The third kappa shape index (κ3) is 2.90. The molecule has 0 saturated carbocycles. The zero-order chi connectivity index (χ0) is 16.4. The number of nitrogens with zero attached hydrogens (tertiary/aromatic N) is 1. The van der Waals surface area contributed by atoms with Crippen LogP contribution in [0, 0.1) is 11.6 Å².